The van der Waals surface area contributed by atoms with Crippen molar-refractivity contribution in [3.63, 3.8) is 0 Å². The molecule has 1 fully saturated rings. The zero-order valence-electron chi connectivity index (χ0n) is 12.9. The molecule has 6 heteroatoms. The SMILES string of the molecule is O=C(COc1ccccc1CO)Nc1ccnn1C1CCCC1. The number of aliphatic hydroxyl groups is 1. The van der Waals surface area contributed by atoms with Crippen LogP contribution in [0.25, 0.3) is 0 Å². The number of para-hydroxylation sites is 1. The van der Waals surface area contributed by atoms with Crippen molar-refractivity contribution in [1.82, 2.24) is 9.78 Å². The standard InChI is InChI=1S/C17H21N3O3/c21-11-13-5-1-4-8-15(13)23-12-17(22)19-16-9-10-18-20(16)14-6-2-3-7-14/h1,4-5,8-10,14,21H,2-3,6-7,11-12H2,(H,19,22). The van der Waals surface area contributed by atoms with Crippen molar-refractivity contribution in [3.8, 4) is 5.75 Å². The first-order chi connectivity index (χ1) is 11.3. The van der Waals surface area contributed by atoms with E-state index in [0.717, 1.165) is 12.8 Å². The highest BCUT2D eigenvalue weighted by Gasteiger charge is 2.20. The summed E-state index contributed by atoms with van der Waals surface area (Å²) in [4.78, 5) is 12.1. The number of ether oxygens (including phenoxy) is 1. The summed E-state index contributed by atoms with van der Waals surface area (Å²) in [7, 11) is 0. The second-order valence-corrected chi connectivity index (χ2v) is 5.70. The first-order valence-corrected chi connectivity index (χ1v) is 7.93. The van der Waals surface area contributed by atoms with E-state index in [9.17, 15) is 9.90 Å². The van der Waals surface area contributed by atoms with Crippen LogP contribution in [0.4, 0.5) is 5.82 Å². The number of benzene rings is 1. The van der Waals surface area contributed by atoms with Crippen LogP contribution >= 0.6 is 0 Å². The van der Waals surface area contributed by atoms with Gasteiger partial charge in [-0.15, -0.1) is 0 Å². The molecule has 6 nitrogen and oxygen atoms in total. The molecule has 0 spiro atoms. The number of aromatic nitrogens is 2. The van der Waals surface area contributed by atoms with Crippen LogP contribution in [0.5, 0.6) is 5.75 Å². The van der Waals surface area contributed by atoms with Gasteiger partial charge in [-0.2, -0.15) is 5.10 Å². The van der Waals surface area contributed by atoms with E-state index in [-0.39, 0.29) is 19.1 Å². The van der Waals surface area contributed by atoms with E-state index in [1.165, 1.54) is 12.8 Å². The maximum atomic E-state index is 12.1. The van der Waals surface area contributed by atoms with Crippen molar-refractivity contribution in [2.75, 3.05) is 11.9 Å². The highest BCUT2D eigenvalue weighted by molar-refractivity contribution is 5.91. The Labute approximate surface area is 135 Å². The predicted molar refractivity (Wildman–Crippen MR) is 86.2 cm³/mol. The molecule has 1 aliphatic rings. The van der Waals surface area contributed by atoms with Gasteiger partial charge in [0.2, 0.25) is 0 Å². The maximum absolute atomic E-state index is 12.1. The summed E-state index contributed by atoms with van der Waals surface area (Å²) in [5, 5.41) is 16.4. The summed E-state index contributed by atoms with van der Waals surface area (Å²) in [6.45, 7) is -0.223. The molecule has 122 valence electrons. The number of carbonyl (C=O) groups excluding carboxylic acids is 1. The normalized spacial score (nSPS) is 14.8. The van der Waals surface area contributed by atoms with E-state index < -0.39 is 0 Å². The molecule has 2 N–H and O–H groups in total. The Morgan fingerprint density at radius 1 is 1.30 bits per heavy atom. The Bertz CT molecular complexity index is 663. The maximum Gasteiger partial charge on any atom is 0.263 e. The number of amides is 1. The number of carbonyl (C=O) groups is 1. The van der Waals surface area contributed by atoms with Gasteiger partial charge in [-0.3, -0.25) is 4.79 Å². The summed E-state index contributed by atoms with van der Waals surface area (Å²) >= 11 is 0. The second-order valence-electron chi connectivity index (χ2n) is 5.70. The Balaban J connectivity index is 1.58. The van der Waals surface area contributed by atoms with E-state index in [1.807, 2.05) is 16.8 Å². The minimum absolute atomic E-state index is 0.104. The number of nitrogens with zero attached hydrogens (tertiary/aromatic N) is 2. The van der Waals surface area contributed by atoms with Gasteiger partial charge in [0.05, 0.1) is 18.8 Å². The summed E-state index contributed by atoms with van der Waals surface area (Å²) < 4.78 is 7.40. The fourth-order valence-electron chi connectivity index (χ4n) is 2.95. The minimum Gasteiger partial charge on any atom is -0.483 e. The number of anilines is 1. The van der Waals surface area contributed by atoms with Crippen molar-refractivity contribution in [2.45, 2.75) is 38.3 Å². The first-order valence-electron chi connectivity index (χ1n) is 7.93. The summed E-state index contributed by atoms with van der Waals surface area (Å²) in [6, 6.07) is 9.30. The van der Waals surface area contributed by atoms with Gasteiger partial charge in [-0.1, -0.05) is 31.0 Å². The molecule has 3 rings (SSSR count). The third-order valence-corrected chi connectivity index (χ3v) is 4.11. The average Bonchev–Trinajstić information content (AvgIpc) is 3.24. The second kappa shape index (κ2) is 7.28. The van der Waals surface area contributed by atoms with Crippen molar-refractivity contribution >= 4 is 11.7 Å². The minimum atomic E-state index is -0.238. The summed E-state index contributed by atoms with van der Waals surface area (Å²) in [6.07, 6.45) is 6.32. The summed E-state index contributed by atoms with van der Waals surface area (Å²) in [5.74, 6) is 0.993. The zero-order chi connectivity index (χ0) is 16.1. The van der Waals surface area contributed by atoms with Gasteiger partial charge < -0.3 is 15.2 Å². The van der Waals surface area contributed by atoms with Gasteiger partial charge in [0, 0.05) is 11.6 Å². The van der Waals surface area contributed by atoms with Crippen LogP contribution in [0.3, 0.4) is 0 Å². The molecular weight excluding hydrogens is 294 g/mol. The van der Waals surface area contributed by atoms with Gasteiger partial charge in [-0.25, -0.2) is 4.68 Å². The van der Waals surface area contributed by atoms with Gasteiger partial charge in [0.25, 0.3) is 5.91 Å². The lowest BCUT2D eigenvalue weighted by Crippen LogP contribution is -2.23. The number of aliphatic hydroxyl groups excluding tert-OH is 1. The number of hydrogen-bond donors (Lipinski definition) is 2. The van der Waals surface area contributed by atoms with E-state index in [1.54, 1.807) is 24.4 Å². The Morgan fingerprint density at radius 2 is 2.09 bits per heavy atom. The Hall–Kier alpha value is -2.34. The first kappa shape index (κ1) is 15.6. The quantitative estimate of drug-likeness (QED) is 0.859. The van der Waals surface area contributed by atoms with Crippen molar-refractivity contribution < 1.29 is 14.6 Å². The molecule has 1 aromatic heterocycles. The van der Waals surface area contributed by atoms with Gasteiger partial charge >= 0.3 is 0 Å². The van der Waals surface area contributed by atoms with Gasteiger partial charge in [0.1, 0.15) is 11.6 Å². The van der Waals surface area contributed by atoms with Crippen LogP contribution in [0.2, 0.25) is 0 Å². The van der Waals surface area contributed by atoms with E-state index in [4.69, 9.17) is 4.74 Å². The van der Waals surface area contributed by atoms with Crippen LogP contribution in [-0.2, 0) is 11.4 Å². The molecule has 0 aliphatic heterocycles. The number of hydrogen-bond acceptors (Lipinski definition) is 4. The van der Waals surface area contributed by atoms with Crippen LogP contribution in [0.1, 0.15) is 37.3 Å². The summed E-state index contributed by atoms with van der Waals surface area (Å²) in [5.41, 5.74) is 0.663. The molecule has 23 heavy (non-hydrogen) atoms. The smallest absolute Gasteiger partial charge is 0.263 e. The monoisotopic (exact) mass is 315 g/mol. The average molecular weight is 315 g/mol. The molecule has 0 bridgehead atoms. The van der Waals surface area contributed by atoms with E-state index >= 15 is 0 Å². The highest BCUT2D eigenvalue weighted by atomic mass is 16.5. The van der Waals surface area contributed by atoms with Crippen LogP contribution in [0, 0.1) is 0 Å². The number of nitrogens with one attached hydrogen (secondary N) is 1. The van der Waals surface area contributed by atoms with E-state index in [0.29, 0.717) is 23.2 Å². The largest absolute Gasteiger partial charge is 0.483 e. The molecule has 1 amide bonds. The molecule has 1 aliphatic carbocycles. The molecule has 1 aromatic carbocycles. The van der Waals surface area contributed by atoms with Gasteiger partial charge in [-0.05, 0) is 18.9 Å². The lowest BCUT2D eigenvalue weighted by molar-refractivity contribution is -0.118. The Morgan fingerprint density at radius 3 is 2.87 bits per heavy atom. The lowest BCUT2D eigenvalue weighted by atomic mass is 10.2. The molecule has 1 saturated carbocycles. The molecule has 0 atom stereocenters. The molecule has 0 radical (unpaired) electrons. The molecule has 0 saturated heterocycles. The van der Waals surface area contributed by atoms with Crippen LogP contribution in [0.15, 0.2) is 36.5 Å². The lowest BCUT2D eigenvalue weighted by Gasteiger charge is -2.15. The van der Waals surface area contributed by atoms with E-state index in [2.05, 4.69) is 10.4 Å². The zero-order valence-corrected chi connectivity index (χ0v) is 12.9. The third-order valence-electron chi connectivity index (χ3n) is 4.11. The Kier molecular flexibility index (Phi) is 4.92. The fraction of sp³-hybridized carbons (Fsp3) is 0.412. The third kappa shape index (κ3) is 3.71. The van der Waals surface area contributed by atoms with Crippen LogP contribution < -0.4 is 10.1 Å². The highest BCUT2D eigenvalue weighted by Crippen LogP contribution is 2.31. The molecule has 1 heterocycles. The molecule has 2 aromatic rings. The molecule has 0 unspecified atom stereocenters. The molecular formula is C17H21N3O3. The fourth-order valence-corrected chi connectivity index (χ4v) is 2.95. The topological polar surface area (TPSA) is 76.4 Å². The predicted octanol–water partition coefficient (Wildman–Crippen LogP) is 2.51. The van der Waals surface area contributed by atoms with Gasteiger partial charge in [0.15, 0.2) is 6.61 Å². The van der Waals surface area contributed by atoms with Crippen LogP contribution in [-0.4, -0.2) is 27.4 Å². The van der Waals surface area contributed by atoms with Crippen molar-refractivity contribution in [1.29, 1.82) is 0 Å². The van der Waals surface area contributed by atoms with Crippen molar-refractivity contribution in [2.24, 2.45) is 0 Å². The number of rotatable bonds is 6. The van der Waals surface area contributed by atoms with Crippen molar-refractivity contribution in [3.05, 3.63) is 42.1 Å².